The van der Waals surface area contributed by atoms with Crippen molar-refractivity contribution in [3.63, 3.8) is 0 Å². The molecule has 0 fully saturated rings. The maximum atomic E-state index is 12.8. The van der Waals surface area contributed by atoms with E-state index in [-0.39, 0.29) is 16.3 Å². The lowest BCUT2D eigenvalue weighted by Gasteiger charge is -2.18. The average Bonchev–Trinajstić information content (AvgIpc) is 3.09. The summed E-state index contributed by atoms with van der Waals surface area (Å²) in [7, 11) is -0.942. The van der Waals surface area contributed by atoms with Gasteiger partial charge in [-0.15, -0.1) is 0 Å². The van der Waals surface area contributed by atoms with Crippen molar-refractivity contribution in [2.45, 2.75) is 18.7 Å². The van der Waals surface area contributed by atoms with Gasteiger partial charge in [-0.3, -0.25) is 4.79 Å². The molecule has 0 aliphatic heterocycles. The minimum Gasteiger partial charge on any atom is -0.360 e. The van der Waals surface area contributed by atoms with E-state index in [2.05, 4.69) is 5.16 Å². The van der Waals surface area contributed by atoms with Crippen molar-refractivity contribution in [1.82, 2.24) is 14.0 Å². The Morgan fingerprint density at radius 2 is 1.96 bits per heavy atom. The number of benzene rings is 1. The quantitative estimate of drug-likeness (QED) is 0.725. The molecular weight excluding hydrogens is 330 g/mol. The zero-order chi connectivity index (χ0) is 17.6. The molecule has 0 radical (unpaired) electrons. The molecule has 1 aromatic carbocycles. The molecule has 0 unspecified atom stereocenters. The molecule has 0 bridgehead atoms. The topological polar surface area (TPSA) is 85.4 Å². The number of nitrogens with zero attached hydrogens (tertiary/aromatic N) is 3. The first-order chi connectivity index (χ1) is 11.2. The Hall–Kier alpha value is -2.61. The van der Waals surface area contributed by atoms with E-state index in [1.165, 1.54) is 20.9 Å². The molecule has 0 spiro atoms. The van der Waals surface area contributed by atoms with Crippen LogP contribution >= 0.6 is 0 Å². The summed E-state index contributed by atoms with van der Waals surface area (Å²) in [5.41, 5.74) is 1.40. The fraction of sp³-hybridized carbons (Fsp3) is 0.250. The van der Waals surface area contributed by atoms with Crippen LogP contribution in [0.4, 0.5) is 0 Å². The van der Waals surface area contributed by atoms with Crippen LogP contribution in [0.2, 0.25) is 0 Å². The van der Waals surface area contributed by atoms with Crippen molar-refractivity contribution in [2.24, 2.45) is 7.05 Å². The number of sulfonamides is 1. The van der Waals surface area contributed by atoms with Crippen molar-refractivity contribution in [3.05, 3.63) is 47.5 Å². The molecule has 7 nitrogen and oxygen atoms in total. The number of aromatic nitrogens is 2. The molecule has 1 amide bonds. The minimum atomic E-state index is -4.05. The van der Waals surface area contributed by atoms with Gasteiger partial charge >= 0.3 is 0 Å². The van der Waals surface area contributed by atoms with Gasteiger partial charge in [0.2, 0.25) is 0 Å². The van der Waals surface area contributed by atoms with Gasteiger partial charge in [0.05, 0.1) is 0 Å². The molecule has 0 aliphatic carbocycles. The highest BCUT2D eigenvalue weighted by atomic mass is 32.2. The number of carbonyl (C=O) groups excluding carboxylic acids is 1. The zero-order valence-corrected chi connectivity index (χ0v) is 14.6. The smallest absolute Gasteiger partial charge is 0.271 e. The lowest BCUT2D eigenvalue weighted by Crippen LogP contribution is -2.33. The van der Waals surface area contributed by atoms with Gasteiger partial charge in [-0.25, -0.2) is 12.7 Å². The van der Waals surface area contributed by atoms with Gasteiger partial charge in [0.25, 0.3) is 15.9 Å². The second-order valence-electron chi connectivity index (χ2n) is 5.60. The van der Waals surface area contributed by atoms with Crippen LogP contribution in [0.3, 0.4) is 0 Å². The summed E-state index contributed by atoms with van der Waals surface area (Å²) >= 11 is 0. The van der Waals surface area contributed by atoms with Crippen LogP contribution in [-0.4, -0.2) is 35.4 Å². The van der Waals surface area contributed by atoms with E-state index in [9.17, 15) is 13.2 Å². The summed E-state index contributed by atoms with van der Waals surface area (Å²) in [4.78, 5) is 12.7. The highest BCUT2D eigenvalue weighted by Gasteiger charge is 2.32. The monoisotopic (exact) mass is 347 g/mol. The van der Waals surface area contributed by atoms with Gasteiger partial charge in [0, 0.05) is 36.8 Å². The summed E-state index contributed by atoms with van der Waals surface area (Å²) in [5.74, 6) is -0.447. The summed E-state index contributed by atoms with van der Waals surface area (Å²) in [5, 5.41) is 4.35. The number of rotatable bonds is 3. The van der Waals surface area contributed by atoms with Gasteiger partial charge in [-0.05, 0) is 32.0 Å². The zero-order valence-electron chi connectivity index (χ0n) is 13.8. The summed E-state index contributed by atoms with van der Waals surface area (Å²) < 4.78 is 33.1. The van der Waals surface area contributed by atoms with Crippen LogP contribution in [0.15, 0.2) is 39.9 Å². The Kier molecular flexibility index (Phi) is 3.71. The number of hydrogen-bond acceptors (Lipinski definition) is 5. The normalized spacial score (nSPS) is 11.8. The predicted molar refractivity (Wildman–Crippen MR) is 88.2 cm³/mol. The molecule has 0 atom stereocenters. The third kappa shape index (κ3) is 2.30. The Morgan fingerprint density at radius 1 is 1.25 bits per heavy atom. The summed E-state index contributed by atoms with van der Waals surface area (Å²) in [6.07, 6.45) is 1.82. The second kappa shape index (κ2) is 5.48. The van der Waals surface area contributed by atoms with E-state index in [4.69, 9.17) is 4.52 Å². The van der Waals surface area contributed by atoms with Gasteiger partial charge in [-0.2, -0.15) is 0 Å². The Bertz CT molecular complexity index is 1030. The van der Waals surface area contributed by atoms with Gasteiger partial charge in [0.1, 0.15) is 5.69 Å². The van der Waals surface area contributed by atoms with Crippen molar-refractivity contribution < 1.29 is 17.7 Å². The minimum absolute atomic E-state index is 0.0708. The lowest BCUT2D eigenvalue weighted by molar-refractivity contribution is 0.0885. The standard InChI is InChI=1S/C16H17N3O4S/c1-10-15(11(2)23-17-10)24(21,22)19(4)16(20)13-6-5-7-14-12(13)8-9-18(14)3/h5-9H,1-4H3. The lowest BCUT2D eigenvalue weighted by atomic mass is 10.1. The molecule has 3 rings (SSSR count). The Balaban J connectivity index is 2.09. The van der Waals surface area contributed by atoms with Gasteiger partial charge in [0.15, 0.2) is 10.7 Å². The highest BCUT2D eigenvalue weighted by molar-refractivity contribution is 7.89. The van der Waals surface area contributed by atoms with Crippen LogP contribution in [0.25, 0.3) is 10.9 Å². The molecular formula is C16H17N3O4S. The molecule has 8 heteroatoms. The SMILES string of the molecule is Cc1noc(C)c1S(=O)(=O)N(C)C(=O)c1cccc2c1ccn2C. The number of hydrogen-bond donors (Lipinski definition) is 0. The van der Waals surface area contributed by atoms with Crippen molar-refractivity contribution in [1.29, 1.82) is 0 Å². The first-order valence-corrected chi connectivity index (χ1v) is 8.69. The van der Waals surface area contributed by atoms with E-state index in [1.54, 1.807) is 18.2 Å². The first kappa shape index (κ1) is 16.3. The molecule has 0 N–H and O–H groups in total. The van der Waals surface area contributed by atoms with Crippen LogP contribution < -0.4 is 0 Å². The van der Waals surface area contributed by atoms with Gasteiger partial charge < -0.3 is 9.09 Å². The number of aryl methyl sites for hydroxylation is 3. The van der Waals surface area contributed by atoms with Crippen LogP contribution in [0, 0.1) is 13.8 Å². The molecule has 126 valence electrons. The second-order valence-corrected chi connectivity index (χ2v) is 7.50. The molecule has 24 heavy (non-hydrogen) atoms. The molecule has 3 aromatic rings. The largest absolute Gasteiger partial charge is 0.360 e. The van der Waals surface area contributed by atoms with Crippen LogP contribution in [-0.2, 0) is 17.1 Å². The number of amides is 1. The Morgan fingerprint density at radius 3 is 2.58 bits per heavy atom. The maximum absolute atomic E-state index is 12.8. The number of carbonyl (C=O) groups is 1. The summed E-state index contributed by atoms with van der Waals surface area (Å²) in [6, 6.07) is 7.00. The highest BCUT2D eigenvalue weighted by Crippen LogP contribution is 2.26. The molecule has 0 saturated carbocycles. The molecule has 0 saturated heterocycles. The molecule has 2 heterocycles. The van der Waals surface area contributed by atoms with E-state index < -0.39 is 15.9 Å². The fourth-order valence-electron chi connectivity index (χ4n) is 2.75. The third-order valence-electron chi connectivity index (χ3n) is 4.03. The average molecular weight is 347 g/mol. The summed E-state index contributed by atoms with van der Waals surface area (Å²) in [6.45, 7) is 3.03. The van der Waals surface area contributed by atoms with E-state index >= 15 is 0 Å². The molecule has 0 aliphatic rings. The fourth-order valence-corrected chi connectivity index (χ4v) is 4.15. The molecule has 2 aromatic heterocycles. The van der Waals surface area contributed by atoms with Crippen LogP contribution in [0.1, 0.15) is 21.8 Å². The van der Waals surface area contributed by atoms with Crippen molar-refractivity contribution in [3.8, 4) is 0 Å². The Labute approximate surface area is 139 Å². The van der Waals surface area contributed by atoms with E-state index in [0.29, 0.717) is 10.9 Å². The number of fused-ring (bicyclic) bond motifs is 1. The van der Waals surface area contributed by atoms with E-state index in [1.807, 2.05) is 23.9 Å². The maximum Gasteiger partial charge on any atom is 0.271 e. The van der Waals surface area contributed by atoms with Crippen LogP contribution in [0.5, 0.6) is 0 Å². The van der Waals surface area contributed by atoms with Gasteiger partial charge in [-0.1, -0.05) is 11.2 Å². The van der Waals surface area contributed by atoms with Crippen molar-refractivity contribution in [2.75, 3.05) is 7.05 Å². The predicted octanol–water partition coefficient (Wildman–Crippen LogP) is 2.24. The van der Waals surface area contributed by atoms with E-state index in [0.717, 1.165) is 9.82 Å². The van der Waals surface area contributed by atoms with Crippen molar-refractivity contribution >= 4 is 26.8 Å². The first-order valence-electron chi connectivity index (χ1n) is 7.25. The third-order valence-corrected chi connectivity index (χ3v) is 6.02.